The maximum absolute atomic E-state index is 12.1. The van der Waals surface area contributed by atoms with Gasteiger partial charge in [0.15, 0.2) is 5.78 Å². The minimum absolute atomic E-state index is 0.0433. The van der Waals surface area contributed by atoms with E-state index in [-0.39, 0.29) is 11.5 Å². The highest BCUT2D eigenvalue weighted by Crippen LogP contribution is 2.30. The number of rotatable bonds is 1. The Labute approximate surface area is 104 Å². The summed E-state index contributed by atoms with van der Waals surface area (Å²) in [5.74, 6) is 0.244. The number of hydrogen-bond acceptors (Lipinski definition) is 3. The van der Waals surface area contributed by atoms with E-state index in [0.29, 0.717) is 12.0 Å². The summed E-state index contributed by atoms with van der Waals surface area (Å²) in [6.45, 7) is 0. The molecule has 0 atom stereocenters. The number of benzene rings is 1. The standard InChI is InChI=1S/C15H11NO2/c17-13-1-2-14-11(9-13)8-12(15(14)18)7-10-3-5-16-6-4-10/h1-7,9,17H,8H2/b12-7-. The van der Waals surface area contributed by atoms with E-state index in [0.717, 1.165) is 16.7 Å². The van der Waals surface area contributed by atoms with Crippen molar-refractivity contribution in [2.45, 2.75) is 6.42 Å². The normalized spacial score (nSPS) is 16.0. The largest absolute Gasteiger partial charge is 0.508 e. The number of carbonyl (C=O) groups is 1. The molecule has 0 aliphatic heterocycles. The average Bonchev–Trinajstić information content (AvgIpc) is 2.67. The van der Waals surface area contributed by atoms with Crippen molar-refractivity contribution in [1.82, 2.24) is 4.98 Å². The van der Waals surface area contributed by atoms with Crippen LogP contribution in [0.2, 0.25) is 0 Å². The topological polar surface area (TPSA) is 50.2 Å². The van der Waals surface area contributed by atoms with Gasteiger partial charge >= 0.3 is 0 Å². The van der Waals surface area contributed by atoms with Crippen LogP contribution in [0.5, 0.6) is 5.75 Å². The van der Waals surface area contributed by atoms with Gasteiger partial charge in [0.05, 0.1) is 0 Å². The van der Waals surface area contributed by atoms with Crippen LogP contribution in [-0.4, -0.2) is 15.9 Å². The zero-order valence-electron chi connectivity index (χ0n) is 9.63. The van der Waals surface area contributed by atoms with Crippen molar-refractivity contribution in [1.29, 1.82) is 0 Å². The molecule has 1 aromatic heterocycles. The number of aromatic nitrogens is 1. The molecule has 0 unspecified atom stereocenters. The van der Waals surface area contributed by atoms with Crippen LogP contribution in [0.1, 0.15) is 21.5 Å². The minimum atomic E-state index is 0.0433. The summed E-state index contributed by atoms with van der Waals surface area (Å²) in [4.78, 5) is 16.1. The fourth-order valence-corrected chi connectivity index (χ4v) is 2.18. The molecule has 1 aliphatic rings. The van der Waals surface area contributed by atoms with Gasteiger partial charge < -0.3 is 5.11 Å². The first kappa shape index (κ1) is 10.7. The maximum Gasteiger partial charge on any atom is 0.189 e. The molecule has 1 aliphatic carbocycles. The van der Waals surface area contributed by atoms with Crippen LogP contribution in [0.25, 0.3) is 6.08 Å². The molecule has 0 saturated carbocycles. The number of phenols is 1. The molecule has 3 rings (SSSR count). The first-order chi connectivity index (χ1) is 8.74. The summed E-state index contributed by atoms with van der Waals surface area (Å²) in [6.07, 6.45) is 5.85. The summed E-state index contributed by atoms with van der Waals surface area (Å²) in [5, 5.41) is 9.42. The van der Waals surface area contributed by atoms with Gasteiger partial charge in [0.25, 0.3) is 0 Å². The molecule has 3 heteroatoms. The number of pyridine rings is 1. The zero-order chi connectivity index (χ0) is 12.5. The smallest absolute Gasteiger partial charge is 0.189 e. The third kappa shape index (κ3) is 1.80. The lowest BCUT2D eigenvalue weighted by atomic mass is 10.1. The van der Waals surface area contributed by atoms with E-state index < -0.39 is 0 Å². The molecule has 1 N–H and O–H groups in total. The van der Waals surface area contributed by atoms with Gasteiger partial charge in [-0.3, -0.25) is 9.78 Å². The summed E-state index contributed by atoms with van der Waals surface area (Å²) in [5.41, 5.74) is 3.29. The van der Waals surface area contributed by atoms with E-state index in [2.05, 4.69) is 4.98 Å². The van der Waals surface area contributed by atoms with E-state index in [9.17, 15) is 9.90 Å². The molecule has 1 heterocycles. The third-order valence-corrected chi connectivity index (χ3v) is 3.05. The molecule has 2 aromatic rings. The second-order valence-electron chi connectivity index (χ2n) is 4.30. The molecule has 88 valence electrons. The van der Waals surface area contributed by atoms with E-state index >= 15 is 0 Å². The highest BCUT2D eigenvalue weighted by atomic mass is 16.3. The molecule has 0 amide bonds. The Morgan fingerprint density at radius 2 is 1.94 bits per heavy atom. The van der Waals surface area contributed by atoms with Crippen molar-refractivity contribution in [2.75, 3.05) is 0 Å². The number of ketones is 1. The summed E-state index contributed by atoms with van der Waals surface area (Å²) in [6, 6.07) is 8.61. The Morgan fingerprint density at radius 1 is 1.17 bits per heavy atom. The van der Waals surface area contributed by atoms with Crippen LogP contribution >= 0.6 is 0 Å². The van der Waals surface area contributed by atoms with E-state index in [1.54, 1.807) is 30.6 Å². The fraction of sp³-hybridized carbons (Fsp3) is 0.0667. The number of hydrogen-bond donors (Lipinski definition) is 1. The second-order valence-corrected chi connectivity index (χ2v) is 4.30. The van der Waals surface area contributed by atoms with Crippen molar-refractivity contribution in [3.8, 4) is 5.75 Å². The first-order valence-electron chi connectivity index (χ1n) is 5.71. The van der Waals surface area contributed by atoms with Crippen LogP contribution in [0, 0.1) is 0 Å². The Bertz CT molecular complexity index is 645. The molecule has 0 fully saturated rings. The Hall–Kier alpha value is -2.42. The summed E-state index contributed by atoms with van der Waals surface area (Å²) >= 11 is 0. The van der Waals surface area contributed by atoms with Crippen LogP contribution in [0.4, 0.5) is 0 Å². The fourth-order valence-electron chi connectivity index (χ4n) is 2.18. The molecule has 0 bridgehead atoms. The molecular formula is C15H11NO2. The van der Waals surface area contributed by atoms with Gasteiger partial charge in [-0.2, -0.15) is 0 Å². The number of aromatic hydroxyl groups is 1. The number of nitrogens with zero attached hydrogens (tertiary/aromatic N) is 1. The van der Waals surface area contributed by atoms with E-state index in [4.69, 9.17) is 0 Å². The van der Waals surface area contributed by atoms with Crippen molar-refractivity contribution >= 4 is 11.9 Å². The van der Waals surface area contributed by atoms with Crippen LogP contribution < -0.4 is 0 Å². The lowest BCUT2D eigenvalue weighted by Crippen LogP contribution is -1.94. The third-order valence-electron chi connectivity index (χ3n) is 3.05. The maximum atomic E-state index is 12.1. The highest BCUT2D eigenvalue weighted by Gasteiger charge is 2.24. The molecule has 18 heavy (non-hydrogen) atoms. The lowest BCUT2D eigenvalue weighted by molar-refractivity contribution is 0.104. The first-order valence-corrected chi connectivity index (χ1v) is 5.71. The van der Waals surface area contributed by atoms with Gasteiger partial charge in [0.2, 0.25) is 0 Å². The molecule has 0 spiro atoms. The lowest BCUT2D eigenvalue weighted by Gasteiger charge is -1.95. The molecule has 1 aromatic carbocycles. The monoisotopic (exact) mass is 237 g/mol. The summed E-state index contributed by atoms with van der Waals surface area (Å²) in [7, 11) is 0. The number of carbonyl (C=O) groups excluding carboxylic acids is 1. The van der Waals surface area contributed by atoms with Gasteiger partial charge in [-0.25, -0.2) is 0 Å². The molecule has 0 radical (unpaired) electrons. The number of phenolic OH excluding ortho intramolecular Hbond substituents is 1. The molecular weight excluding hydrogens is 226 g/mol. The predicted octanol–water partition coefficient (Wildman–Crippen LogP) is 2.61. The number of fused-ring (bicyclic) bond motifs is 1. The van der Waals surface area contributed by atoms with Crippen molar-refractivity contribution in [3.05, 3.63) is 65.0 Å². The van der Waals surface area contributed by atoms with Gasteiger partial charge in [-0.05, 0) is 47.5 Å². The number of Topliss-reactive ketones (excluding diaryl/α,β-unsaturated/α-hetero) is 1. The van der Waals surface area contributed by atoms with E-state index in [1.165, 1.54) is 0 Å². The molecule has 0 saturated heterocycles. The zero-order valence-corrected chi connectivity index (χ0v) is 9.63. The Kier molecular flexibility index (Phi) is 2.45. The van der Waals surface area contributed by atoms with Gasteiger partial charge in [-0.15, -0.1) is 0 Å². The van der Waals surface area contributed by atoms with E-state index in [1.807, 2.05) is 18.2 Å². The Morgan fingerprint density at radius 3 is 2.72 bits per heavy atom. The van der Waals surface area contributed by atoms with Crippen molar-refractivity contribution in [2.24, 2.45) is 0 Å². The van der Waals surface area contributed by atoms with Gasteiger partial charge in [-0.1, -0.05) is 0 Å². The number of allylic oxidation sites excluding steroid dienone is 1. The summed E-state index contributed by atoms with van der Waals surface area (Å²) < 4.78 is 0. The minimum Gasteiger partial charge on any atom is -0.508 e. The SMILES string of the molecule is O=C1/C(=C\c2ccncc2)Cc2cc(O)ccc21. The van der Waals surface area contributed by atoms with Gasteiger partial charge in [0.1, 0.15) is 5.75 Å². The quantitative estimate of drug-likeness (QED) is 0.775. The second kappa shape index (κ2) is 4.11. The van der Waals surface area contributed by atoms with Crippen molar-refractivity contribution in [3.63, 3.8) is 0 Å². The van der Waals surface area contributed by atoms with Crippen molar-refractivity contribution < 1.29 is 9.90 Å². The highest BCUT2D eigenvalue weighted by molar-refractivity contribution is 6.15. The molecule has 3 nitrogen and oxygen atoms in total. The van der Waals surface area contributed by atoms with Crippen LogP contribution in [-0.2, 0) is 6.42 Å². The Balaban J connectivity index is 2.00. The van der Waals surface area contributed by atoms with Crippen LogP contribution in [0.15, 0.2) is 48.3 Å². The predicted molar refractivity (Wildman–Crippen MR) is 68.4 cm³/mol. The van der Waals surface area contributed by atoms with Gasteiger partial charge in [0, 0.05) is 30.0 Å². The average molecular weight is 237 g/mol. The van der Waals surface area contributed by atoms with Crippen LogP contribution in [0.3, 0.4) is 0 Å².